The van der Waals surface area contributed by atoms with E-state index >= 15 is 0 Å². The summed E-state index contributed by atoms with van der Waals surface area (Å²) >= 11 is 0. The Kier molecular flexibility index (Phi) is 3.91. The topological polar surface area (TPSA) is 78.3 Å². The summed E-state index contributed by atoms with van der Waals surface area (Å²) in [5, 5.41) is 7.90. The molecule has 0 aliphatic heterocycles. The quantitative estimate of drug-likeness (QED) is 0.733. The first-order chi connectivity index (χ1) is 10.7. The maximum atomic E-state index is 5.98. The van der Waals surface area contributed by atoms with E-state index in [2.05, 4.69) is 28.2 Å². The number of unbranched alkanes of at least 4 members (excludes halogenated alkanes) is 1. The number of fused-ring (bicyclic) bond motifs is 1. The van der Waals surface area contributed by atoms with Crippen molar-refractivity contribution >= 4 is 11.6 Å². The molecular weight excluding hydrogens is 278 g/mol. The van der Waals surface area contributed by atoms with Gasteiger partial charge in [0.05, 0.1) is 12.3 Å². The third-order valence-electron chi connectivity index (χ3n) is 3.49. The highest BCUT2D eigenvalue weighted by atomic mass is 16.5. The average molecular weight is 297 g/mol. The van der Waals surface area contributed by atoms with Gasteiger partial charge in [0.15, 0.2) is 5.65 Å². The van der Waals surface area contributed by atoms with E-state index in [9.17, 15) is 0 Å². The van der Waals surface area contributed by atoms with E-state index in [4.69, 9.17) is 10.5 Å². The molecule has 1 aromatic carbocycles. The fourth-order valence-electron chi connectivity index (χ4n) is 2.29. The van der Waals surface area contributed by atoms with Gasteiger partial charge in [-0.05, 0) is 25.5 Å². The highest BCUT2D eigenvalue weighted by Gasteiger charge is 2.12. The average Bonchev–Trinajstić information content (AvgIpc) is 2.98. The number of rotatable bonds is 5. The van der Waals surface area contributed by atoms with Gasteiger partial charge < -0.3 is 10.5 Å². The minimum Gasteiger partial charge on any atom is -0.493 e. The number of nitrogen functional groups attached to an aromatic ring is 1. The number of aryl methyl sites for hydroxylation is 1. The molecule has 6 nitrogen and oxygen atoms in total. The van der Waals surface area contributed by atoms with Crippen molar-refractivity contribution in [2.45, 2.75) is 26.7 Å². The van der Waals surface area contributed by atoms with Crippen molar-refractivity contribution in [2.24, 2.45) is 0 Å². The number of hydrogen-bond acceptors (Lipinski definition) is 5. The Labute approximate surface area is 129 Å². The van der Waals surface area contributed by atoms with Gasteiger partial charge in [-0.25, -0.2) is 4.98 Å². The molecule has 0 saturated heterocycles. The molecule has 22 heavy (non-hydrogen) atoms. The molecule has 0 atom stereocenters. The van der Waals surface area contributed by atoms with Crippen molar-refractivity contribution in [3.05, 3.63) is 36.2 Å². The molecule has 3 rings (SSSR count). The summed E-state index contributed by atoms with van der Waals surface area (Å²) in [7, 11) is 0. The minimum atomic E-state index is 0.360. The van der Waals surface area contributed by atoms with E-state index in [1.807, 2.05) is 25.1 Å². The molecule has 2 aromatic heterocycles. The highest BCUT2D eigenvalue weighted by molar-refractivity contribution is 5.71. The van der Waals surface area contributed by atoms with E-state index < -0.39 is 0 Å². The molecule has 0 spiro atoms. The van der Waals surface area contributed by atoms with Crippen molar-refractivity contribution in [1.29, 1.82) is 0 Å². The first kappa shape index (κ1) is 14.3. The van der Waals surface area contributed by atoms with Crippen LogP contribution in [0.15, 0.2) is 30.6 Å². The first-order valence-corrected chi connectivity index (χ1v) is 7.39. The third kappa shape index (κ3) is 2.72. The van der Waals surface area contributed by atoms with Gasteiger partial charge in [-0.2, -0.15) is 0 Å². The van der Waals surface area contributed by atoms with E-state index in [1.54, 1.807) is 10.7 Å². The number of nitrogens with zero attached hydrogens (tertiary/aromatic N) is 4. The second-order valence-corrected chi connectivity index (χ2v) is 5.26. The van der Waals surface area contributed by atoms with Crippen molar-refractivity contribution in [3.8, 4) is 17.0 Å². The second kappa shape index (κ2) is 6.01. The number of hydrogen-bond donors (Lipinski definition) is 1. The lowest BCUT2D eigenvalue weighted by Gasteiger charge is -2.12. The fourth-order valence-corrected chi connectivity index (χ4v) is 2.29. The van der Waals surface area contributed by atoms with Crippen molar-refractivity contribution in [2.75, 3.05) is 12.3 Å². The Bertz CT molecular complexity index is 796. The van der Waals surface area contributed by atoms with Crippen molar-refractivity contribution in [1.82, 2.24) is 19.6 Å². The van der Waals surface area contributed by atoms with E-state index in [0.29, 0.717) is 18.2 Å². The second-order valence-electron chi connectivity index (χ2n) is 5.26. The lowest BCUT2D eigenvalue weighted by molar-refractivity contribution is 0.310. The maximum absolute atomic E-state index is 5.98. The van der Waals surface area contributed by atoms with Crippen LogP contribution in [0.5, 0.6) is 5.75 Å². The smallest absolute Gasteiger partial charge is 0.207 e. The molecule has 0 amide bonds. The van der Waals surface area contributed by atoms with E-state index in [1.165, 1.54) is 0 Å². The standard InChI is InChI=1S/C16H19N5O/c1-3-4-7-22-14-6-5-11(2)8-12(14)13-9-15-20-18-10-21(15)16(17)19-13/h5-6,8-10H,3-4,7H2,1-2H3,(H2,17,19). The van der Waals surface area contributed by atoms with Gasteiger partial charge in [-0.3, -0.25) is 4.40 Å². The molecule has 2 N–H and O–H groups in total. The van der Waals surface area contributed by atoms with Crippen molar-refractivity contribution in [3.63, 3.8) is 0 Å². The van der Waals surface area contributed by atoms with Crippen LogP contribution in [-0.2, 0) is 0 Å². The van der Waals surface area contributed by atoms with Crippen LogP contribution in [-0.4, -0.2) is 26.2 Å². The van der Waals surface area contributed by atoms with Crippen LogP contribution in [0.4, 0.5) is 5.95 Å². The molecule has 2 heterocycles. The fraction of sp³-hybridized carbons (Fsp3) is 0.312. The number of anilines is 1. The molecule has 0 saturated carbocycles. The summed E-state index contributed by atoms with van der Waals surface area (Å²) in [6, 6.07) is 7.93. The molecule has 114 valence electrons. The summed E-state index contributed by atoms with van der Waals surface area (Å²) in [6.07, 6.45) is 3.67. The number of nitrogens with two attached hydrogens (primary N) is 1. The van der Waals surface area contributed by atoms with Crippen LogP contribution in [0.2, 0.25) is 0 Å². The third-order valence-corrected chi connectivity index (χ3v) is 3.49. The maximum Gasteiger partial charge on any atom is 0.207 e. The first-order valence-electron chi connectivity index (χ1n) is 7.39. The van der Waals surface area contributed by atoms with Crippen LogP contribution >= 0.6 is 0 Å². The summed E-state index contributed by atoms with van der Waals surface area (Å²) in [5.74, 6) is 1.17. The van der Waals surface area contributed by atoms with Crippen LogP contribution in [0, 0.1) is 6.92 Å². The Morgan fingerprint density at radius 1 is 1.27 bits per heavy atom. The highest BCUT2D eigenvalue weighted by Crippen LogP contribution is 2.31. The zero-order valence-electron chi connectivity index (χ0n) is 12.8. The molecule has 6 heteroatoms. The molecule has 0 aliphatic carbocycles. The van der Waals surface area contributed by atoms with Crippen LogP contribution in [0.1, 0.15) is 25.3 Å². The minimum absolute atomic E-state index is 0.360. The molecule has 0 bridgehead atoms. The predicted octanol–water partition coefficient (Wildman–Crippen LogP) is 2.86. The number of ether oxygens (including phenoxy) is 1. The summed E-state index contributed by atoms with van der Waals surface area (Å²) in [4.78, 5) is 4.45. The Balaban J connectivity index is 2.06. The number of benzene rings is 1. The van der Waals surface area contributed by atoms with Crippen molar-refractivity contribution < 1.29 is 4.74 Å². The van der Waals surface area contributed by atoms with E-state index in [-0.39, 0.29) is 0 Å². The number of aromatic nitrogens is 4. The van der Waals surface area contributed by atoms with Gasteiger partial charge in [0, 0.05) is 11.6 Å². The molecule has 3 aromatic rings. The molecule has 0 radical (unpaired) electrons. The van der Waals surface area contributed by atoms with Gasteiger partial charge in [0.25, 0.3) is 0 Å². The zero-order chi connectivity index (χ0) is 15.5. The van der Waals surface area contributed by atoms with Crippen LogP contribution in [0.25, 0.3) is 16.9 Å². The Morgan fingerprint density at radius 2 is 2.14 bits per heavy atom. The molecule has 0 fully saturated rings. The zero-order valence-corrected chi connectivity index (χ0v) is 12.8. The van der Waals surface area contributed by atoms with Gasteiger partial charge in [-0.15, -0.1) is 10.2 Å². The summed E-state index contributed by atoms with van der Waals surface area (Å²) in [6.45, 7) is 4.87. The predicted molar refractivity (Wildman–Crippen MR) is 85.8 cm³/mol. The van der Waals surface area contributed by atoms with Gasteiger partial charge >= 0.3 is 0 Å². The Hall–Kier alpha value is -2.63. The van der Waals surface area contributed by atoms with E-state index in [0.717, 1.165) is 35.4 Å². The van der Waals surface area contributed by atoms with Crippen LogP contribution in [0.3, 0.4) is 0 Å². The largest absolute Gasteiger partial charge is 0.493 e. The SMILES string of the molecule is CCCCOc1ccc(C)cc1-c1cc2nncn2c(N)n1. The van der Waals surface area contributed by atoms with Crippen LogP contribution < -0.4 is 10.5 Å². The lowest BCUT2D eigenvalue weighted by Crippen LogP contribution is -2.03. The lowest BCUT2D eigenvalue weighted by atomic mass is 10.1. The summed E-state index contributed by atoms with van der Waals surface area (Å²) < 4.78 is 7.55. The molecular formula is C16H19N5O. The molecule has 0 aliphatic rings. The normalized spacial score (nSPS) is 11.0. The van der Waals surface area contributed by atoms with Gasteiger partial charge in [-0.1, -0.05) is 25.0 Å². The molecule has 0 unspecified atom stereocenters. The summed E-state index contributed by atoms with van der Waals surface area (Å²) in [5.41, 5.74) is 9.46. The monoisotopic (exact) mass is 297 g/mol. The van der Waals surface area contributed by atoms with Gasteiger partial charge in [0.1, 0.15) is 12.1 Å². The van der Waals surface area contributed by atoms with Gasteiger partial charge in [0.2, 0.25) is 5.95 Å². The Morgan fingerprint density at radius 3 is 2.95 bits per heavy atom.